The van der Waals surface area contributed by atoms with Crippen LogP contribution in [-0.2, 0) is 6.18 Å². The van der Waals surface area contributed by atoms with Crippen LogP contribution in [-0.4, -0.2) is 18.2 Å². The molecule has 1 N–H and O–H groups in total. The molecule has 0 saturated carbocycles. The zero-order valence-electron chi connectivity index (χ0n) is 15.7. The Labute approximate surface area is 171 Å². The van der Waals surface area contributed by atoms with E-state index in [0.29, 0.717) is 5.56 Å². The van der Waals surface area contributed by atoms with Gasteiger partial charge in [0.2, 0.25) is 0 Å². The van der Waals surface area contributed by atoms with Gasteiger partial charge in [-0.05, 0) is 18.2 Å². The summed E-state index contributed by atoms with van der Waals surface area (Å²) in [5.41, 5.74) is -0.150. The second-order valence-corrected chi connectivity index (χ2v) is 6.27. The van der Waals surface area contributed by atoms with Gasteiger partial charge in [-0.3, -0.25) is 9.59 Å². The van der Waals surface area contributed by atoms with E-state index in [2.05, 4.69) is 17.2 Å². The largest absolute Gasteiger partial charge is 0.417 e. The zero-order chi connectivity index (χ0) is 21.6. The summed E-state index contributed by atoms with van der Waals surface area (Å²) in [6.07, 6.45) is -4.51. The highest BCUT2D eigenvalue weighted by Gasteiger charge is 2.32. The van der Waals surface area contributed by atoms with E-state index in [1.54, 1.807) is 48.5 Å². The van der Waals surface area contributed by atoms with Crippen molar-refractivity contribution in [2.24, 2.45) is 0 Å². The Kier molecular flexibility index (Phi) is 6.33. The molecule has 3 aromatic rings. The van der Waals surface area contributed by atoms with Crippen molar-refractivity contribution in [3.05, 3.63) is 107 Å². The van der Waals surface area contributed by atoms with Gasteiger partial charge in [-0.2, -0.15) is 13.2 Å². The molecule has 150 valence electrons. The normalized spacial score (nSPS) is 10.6. The van der Waals surface area contributed by atoms with Gasteiger partial charge in [-0.15, -0.1) is 0 Å². The summed E-state index contributed by atoms with van der Waals surface area (Å²) in [6, 6.07) is 19.9. The van der Waals surface area contributed by atoms with Crippen LogP contribution in [0.4, 0.5) is 13.2 Å². The molecule has 3 rings (SSSR count). The van der Waals surface area contributed by atoms with Crippen LogP contribution in [0.3, 0.4) is 0 Å². The highest BCUT2D eigenvalue weighted by Crippen LogP contribution is 2.31. The molecule has 0 aliphatic carbocycles. The molecule has 0 heterocycles. The molecule has 0 bridgehead atoms. The van der Waals surface area contributed by atoms with Gasteiger partial charge in [0.25, 0.3) is 5.91 Å². The number of benzene rings is 3. The number of hydrogen-bond acceptors (Lipinski definition) is 2. The minimum Gasteiger partial charge on any atom is -0.341 e. The number of rotatable bonds is 4. The van der Waals surface area contributed by atoms with Crippen molar-refractivity contribution in [3.8, 4) is 11.8 Å². The molecular formula is C24H16F3NO2. The molecule has 0 spiro atoms. The van der Waals surface area contributed by atoms with Gasteiger partial charge in [0.15, 0.2) is 5.78 Å². The highest BCUT2D eigenvalue weighted by atomic mass is 19.4. The van der Waals surface area contributed by atoms with Crippen LogP contribution in [0.1, 0.15) is 37.4 Å². The van der Waals surface area contributed by atoms with Crippen molar-refractivity contribution in [3.63, 3.8) is 0 Å². The maximum Gasteiger partial charge on any atom is 0.417 e. The summed E-state index contributed by atoms with van der Waals surface area (Å²) in [5, 5.41) is 2.53. The van der Waals surface area contributed by atoms with Crippen molar-refractivity contribution < 1.29 is 22.8 Å². The molecule has 0 radical (unpaired) electrons. The fourth-order valence-electron chi connectivity index (χ4n) is 2.82. The van der Waals surface area contributed by atoms with Crippen LogP contribution < -0.4 is 5.32 Å². The van der Waals surface area contributed by atoms with E-state index in [9.17, 15) is 22.8 Å². The molecule has 3 nitrogen and oxygen atoms in total. The van der Waals surface area contributed by atoms with Crippen molar-refractivity contribution in [1.82, 2.24) is 5.32 Å². The third-order valence-corrected chi connectivity index (χ3v) is 4.25. The lowest BCUT2D eigenvalue weighted by Gasteiger charge is -2.09. The quantitative estimate of drug-likeness (QED) is 0.503. The Hall–Kier alpha value is -3.85. The standard InChI is InChI=1S/C24H16F3NO2/c25-24(26,27)21-15-7-4-9-17(21)12-8-16-28-23(30)20-14-6-5-13-19(20)22(29)18-10-2-1-3-11-18/h1-7,9-11,13-15H,16H2,(H,28,30). The van der Waals surface area contributed by atoms with Crippen LogP contribution in [0.15, 0.2) is 78.9 Å². The molecule has 6 heteroatoms. The predicted octanol–water partition coefficient (Wildman–Crippen LogP) is 4.72. The molecule has 0 aliphatic rings. The number of nitrogens with one attached hydrogen (secondary N) is 1. The topological polar surface area (TPSA) is 46.2 Å². The van der Waals surface area contributed by atoms with E-state index < -0.39 is 17.6 Å². The number of halogens is 3. The molecule has 0 saturated heterocycles. The van der Waals surface area contributed by atoms with Crippen molar-refractivity contribution >= 4 is 11.7 Å². The van der Waals surface area contributed by atoms with Gasteiger partial charge < -0.3 is 5.32 Å². The van der Waals surface area contributed by atoms with Crippen LogP contribution in [0.5, 0.6) is 0 Å². The number of carbonyl (C=O) groups is 2. The van der Waals surface area contributed by atoms with Crippen LogP contribution in [0.25, 0.3) is 0 Å². The molecule has 30 heavy (non-hydrogen) atoms. The monoisotopic (exact) mass is 407 g/mol. The smallest absolute Gasteiger partial charge is 0.341 e. The van der Waals surface area contributed by atoms with Gasteiger partial charge in [-0.25, -0.2) is 0 Å². The van der Waals surface area contributed by atoms with Crippen LogP contribution in [0.2, 0.25) is 0 Å². The Morgan fingerprint density at radius 2 is 1.40 bits per heavy atom. The van der Waals surface area contributed by atoms with Gasteiger partial charge in [0, 0.05) is 16.7 Å². The van der Waals surface area contributed by atoms with Crippen LogP contribution in [0, 0.1) is 11.8 Å². The molecule has 0 aromatic heterocycles. The number of ketones is 1. The van der Waals surface area contributed by atoms with Gasteiger partial charge in [0.05, 0.1) is 17.7 Å². The first-order valence-electron chi connectivity index (χ1n) is 9.00. The van der Waals surface area contributed by atoms with Gasteiger partial charge in [0.1, 0.15) is 0 Å². The minimum atomic E-state index is -4.51. The van der Waals surface area contributed by atoms with E-state index in [-0.39, 0.29) is 29.0 Å². The van der Waals surface area contributed by atoms with Crippen molar-refractivity contribution in [2.75, 3.05) is 6.54 Å². The lowest BCUT2D eigenvalue weighted by atomic mass is 9.98. The molecule has 3 aromatic carbocycles. The van der Waals surface area contributed by atoms with Crippen LogP contribution >= 0.6 is 0 Å². The SMILES string of the molecule is O=C(NCC#Cc1ccccc1C(F)(F)F)c1ccccc1C(=O)c1ccccc1. The molecule has 0 fully saturated rings. The van der Waals surface area contributed by atoms with E-state index in [0.717, 1.165) is 6.07 Å². The van der Waals surface area contributed by atoms with E-state index in [1.807, 2.05) is 0 Å². The highest BCUT2D eigenvalue weighted by molar-refractivity contribution is 6.15. The summed E-state index contributed by atoms with van der Waals surface area (Å²) in [4.78, 5) is 25.2. The Morgan fingerprint density at radius 3 is 2.10 bits per heavy atom. The first-order chi connectivity index (χ1) is 14.4. The van der Waals surface area contributed by atoms with Gasteiger partial charge in [-0.1, -0.05) is 72.5 Å². The lowest BCUT2D eigenvalue weighted by Crippen LogP contribution is -2.25. The second kappa shape index (κ2) is 9.10. The molecule has 0 aliphatic heterocycles. The number of hydrogen-bond donors (Lipinski definition) is 1. The number of alkyl halides is 3. The number of carbonyl (C=O) groups excluding carboxylic acids is 2. The Morgan fingerprint density at radius 1 is 0.800 bits per heavy atom. The third-order valence-electron chi connectivity index (χ3n) is 4.25. The fraction of sp³-hybridized carbons (Fsp3) is 0.0833. The summed E-state index contributed by atoms with van der Waals surface area (Å²) < 4.78 is 39.0. The Balaban J connectivity index is 1.74. The summed E-state index contributed by atoms with van der Waals surface area (Å²) >= 11 is 0. The first-order valence-corrected chi connectivity index (χ1v) is 9.00. The zero-order valence-corrected chi connectivity index (χ0v) is 15.7. The maximum atomic E-state index is 13.0. The summed E-state index contributed by atoms with van der Waals surface area (Å²) in [5.74, 6) is 4.13. The summed E-state index contributed by atoms with van der Waals surface area (Å²) in [7, 11) is 0. The Bertz CT molecular complexity index is 1130. The first kappa shape index (κ1) is 20.9. The molecular weight excluding hydrogens is 391 g/mol. The second-order valence-electron chi connectivity index (χ2n) is 6.27. The third kappa shape index (κ3) is 4.95. The fourth-order valence-corrected chi connectivity index (χ4v) is 2.82. The minimum absolute atomic E-state index is 0.168. The van der Waals surface area contributed by atoms with Crippen molar-refractivity contribution in [2.45, 2.75) is 6.18 Å². The molecule has 0 atom stereocenters. The average Bonchev–Trinajstić information content (AvgIpc) is 2.76. The van der Waals surface area contributed by atoms with E-state index >= 15 is 0 Å². The number of amides is 1. The predicted molar refractivity (Wildman–Crippen MR) is 107 cm³/mol. The van der Waals surface area contributed by atoms with E-state index in [1.165, 1.54) is 24.3 Å². The summed E-state index contributed by atoms with van der Waals surface area (Å²) in [6.45, 7) is -0.168. The van der Waals surface area contributed by atoms with E-state index in [4.69, 9.17) is 0 Å². The molecule has 0 unspecified atom stereocenters. The van der Waals surface area contributed by atoms with Crippen molar-refractivity contribution in [1.29, 1.82) is 0 Å². The lowest BCUT2D eigenvalue weighted by molar-refractivity contribution is -0.137. The molecule has 1 amide bonds. The average molecular weight is 407 g/mol. The van der Waals surface area contributed by atoms with Gasteiger partial charge >= 0.3 is 6.18 Å². The maximum absolute atomic E-state index is 13.0.